The summed E-state index contributed by atoms with van der Waals surface area (Å²) < 4.78 is 0. The Morgan fingerprint density at radius 3 is 2.26 bits per heavy atom. The maximum atomic E-state index is 12.5. The Bertz CT molecular complexity index is 469. The first kappa shape index (κ1) is 16.0. The highest BCUT2D eigenvalue weighted by Crippen LogP contribution is 2.23. The molecule has 1 rings (SSSR count). The van der Waals surface area contributed by atoms with Crippen LogP contribution in [-0.2, 0) is 0 Å². The van der Waals surface area contributed by atoms with Gasteiger partial charge in [0.05, 0.1) is 16.7 Å². The number of nitrogens with zero attached hydrogens (tertiary/aromatic N) is 1. The van der Waals surface area contributed by atoms with Gasteiger partial charge in [0.1, 0.15) is 0 Å². The van der Waals surface area contributed by atoms with Gasteiger partial charge in [-0.25, -0.2) is 0 Å². The molecule has 0 bridgehead atoms. The molecular formula is C15H22ClNO2. The molecule has 4 heteroatoms. The van der Waals surface area contributed by atoms with E-state index in [0.717, 1.165) is 11.1 Å². The van der Waals surface area contributed by atoms with Crippen molar-refractivity contribution >= 4 is 17.5 Å². The first-order valence-corrected chi connectivity index (χ1v) is 6.87. The van der Waals surface area contributed by atoms with Gasteiger partial charge < -0.3 is 10.0 Å². The smallest absolute Gasteiger partial charge is 0.255 e. The molecule has 0 spiro atoms. The highest BCUT2D eigenvalue weighted by Gasteiger charge is 2.22. The number of amides is 1. The van der Waals surface area contributed by atoms with Gasteiger partial charge >= 0.3 is 0 Å². The summed E-state index contributed by atoms with van der Waals surface area (Å²) in [5, 5.41) is 9.97. The molecule has 0 aliphatic rings. The van der Waals surface area contributed by atoms with Gasteiger partial charge in [-0.15, -0.1) is 0 Å². The fourth-order valence-corrected chi connectivity index (χ4v) is 2.21. The second kappa shape index (κ2) is 6.40. The molecule has 1 unspecified atom stereocenters. The third kappa shape index (κ3) is 3.95. The summed E-state index contributed by atoms with van der Waals surface area (Å²) in [4.78, 5) is 14.2. The lowest BCUT2D eigenvalue weighted by Crippen LogP contribution is -2.41. The number of hydrogen-bond donors (Lipinski definition) is 1. The van der Waals surface area contributed by atoms with E-state index in [9.17, 15) is 9.90 Å². The first-order chi connectivity index (χ1) is 8.73. The zero-order valence-electron chi connectivity index (χ0n) is 12.2. The monoisotopic (exact) mass is 283 g/mol. The van der Waals surface area contributed by atoms with Crippen LogP contribution in [0.2, 0.25) is 5.02 Å². The minimum Gasteiger partial charge on any atom is -0.392 e. The summed E-state index contributed by atoms with van der Waals surface area (Å²) in [5.74, 6) is -0.135. The highest BCUT2D eigenvalue weighted by atomic mass is 35.5. The van der Waals surface area contributed by atoms with Gasteiger partial charge in [-0.05, 0) is 57.9 Å². The minimum absolute atomic E-state index is 0.0137. The number of aliphatic hydroxyl groups excluding tert-OH is 1. The van der Waals surface area contributed by atoms with Gasteiger partial charge in [-0.1, -0.05) is 11.6 Å². The van der Waals surface area contributed by atoms with Crippen LogP contribution in [-0.4, -0.2) is 34.6 Å². The zero-order chi connectivity index (χ0) is 14.7. The Hall–Kier alpha value is -1.06. The van der Waals surface area contributed by atoms with Gasteiger partial charge in [-0.3, -0.25) is 4.79 Å². The quantitative estimate of drug-likeness (QED) is 0.922. The van der Waals surface area contributed by atoms with E-state index in [-0.39, 0.29) is 11.9 Å². The molecule has 0 saturated heterocycles. The molecule has 0 saturated carbocycles. The molecule has 1 amide bonds. The van der Waals surface area contributed by atoms with Crippen molar-refractivity contribution in [2.24, 2.45) is 0 Å². The predicted octanol–water partition coefficient (Wildman–Crippen LogP) is 3.19. The van der Waals surface area contributed by atoms with Gasteiger partial charge in [0, 0.05) is 12.6 Å². The van der Waals surface area contributed by atoms with Crippen LogP contribution in [0.5, 0.6) is 0 Å². The Balaban J connectivity index is 3.13. The van der Waals surface area contributed by atoms with Crippen molar-refractivity contribution in [3.05, 3.63) is 33.8 Å². The summed E-state index contributed by atoms with van der Waals surface area (Å²) >= 11 is 6.17. The van der Waals surface area contributed by atoms with E-state index in [1.54, 1.807) is 11.8 Å². The Labute approximate surface area is 120 Å². The van der Waals surface area contributed by atoms with Gasteiger partial charge in [0.2, 0.25) is 0 Å². The molecule has 0 aliphatic carbocycles. The molecule has 0 radical (unpaired) electrons. The van der Waals surface area contributed by atoms with Gasteiger partial charge in [-0.2, -0.15) is 0 Å². The third-order valence-electron chi connectivity index (χ3n) is 3.16. The van der Waals surface area contributed by atoms with Crippen molar-refractivity contribution in [3.63, 3.8) is 0 Å². The van der Waals surface area contributed by atoms with Crippen LogP contribution in [0.4, 0.5) is 0 Å². The molecule has 0 heterocycles. The van der Waals surface area contributed by atoms with Crippen LogP contribution in [0, 0.1) is 13.8 Å². The van der Waals surface area contributed by atoms with E-state index in [4.69, 9.17) is 11.6 Å². The maximum absolute atomic E-state index is 12.5. The molecule has 1 atom stereocenters. The predicted molar refractivity (Wildman–Crippen MR) is 78.8 cm³/mol. The first-order valence-electron chi connectivity index (χ1n) is 6.49. The molecule has 106 valence electrons. The maximum Gasteiger partial charge on any atom is 0.255 e. The lowest BCUT2D eigenvalue weighted by atomic mass is 10.0. The molecule has 19 heavy (non-hydrogen) atoms. The number of rotatable bonds is 4. The summed E-state index contributed by atoms with van der Waals surface area (Å²) in [5.41, 5.74) is 2.60. The second-order valence-corrected chi connectivity index (χ2v) is 5.72. The van der Waals surface area contributed by atoms with E-state index < -0.39 is 6.10 Å². The fraction of sp³-hybridized carbons (Fsp3) is 0.533. The zero-order valence-corrected chi connectivity index (χ0v) is 13.0. The number of hydrogen-bond acceptors (Lipinski definition) is 2. The molecule has 1 aromatic rings. The Kier molecular flexibility index (Phi) is 5.39. The lowest BCUT2D eigenvalue weighted by Gasteiger charge is -2.28. The number of aliphatic hydroxyl groups is 1. The van der Waals surface area contributed by atoms with Crippen molar-refractivity contribution in [1.82, 2.24) is 4.90 Å². The third-order valence-corrected chi connectivity index (χ3v) is 3.47. The fourth-order valence-electron chi connectivity index (χ4n) is 1.91. The van der Waals surface area contributed by atoms with Crippen LogP contribution in [0.1, 0.15) is 42.3 Å². The summed E-state index contributed by atoms with van der Waals surface area (Å²) in [6.45, 7) is 9.75. The highest BCUT2D eigenvalue weighted by molar-refractivity contribution is 6.34. The van der Waals surface area contributed by atoms with Crippen LogP contribution < -0.4 is 0 Å². The Morgan fingerprint density at radius 1 is 1.26 bits per heavy atom. The van der Waals surface area contributed by atoms with E-state index in [1.165, 1.54) is 0 Å². The SMILES string of the molecule is Cc1cc(Cl)c(C(=O)N(CC(C)O)C(C)C)cc1C. The summed E-state index contributed by atoms with van der Waals surface area (Å²) in [6, 6.07) is 3.64. The van der Waals surface area contributed by atoms with Crippen LogP contribution in [0.3, 0.4) is 0 Å². The number of benzene rings is 1. The number of aryl methyl sites for hydroxylation is 2. The van der Waals surface area contributed by atoms with Crippen molar-refractivity contribution in [2.75, 3.05) is 6.54 Å². The molecular weight excluding hydrogens is 262 g/mol. The topological polar surface area (TPSA) is 40.5 Å². The van der Waals surface area contributed by atoms with Crippen LogP contribution in [0.25, 0.3) is 0 Å². The molecule has 0 fully saturated rings. The minimum atomic E-state index is -0.559. The van der Waals surface area contributed by atoms with Crippen molar-refractivity contribution in [1.29, 1.82) is 0 Å². The molecule has 3 nitrogen and oxygen atoms in total. The average Bonchev–Trinajstić information content (AvgIpc) is 2.29. The van der Waals surface area contributed by atoms with Crippen molar-refractivity contribution in [3.8, 4) is 0 Å². The number of carbonyl (C=O) groups excluding carboxylic acids is 1. The van der Waals surface area contributed by atoms with Gasteiger partial charge in [0.15, 0.2) is 0 Å². The lowest BCUT2D eigenvalue weighted by molar-refractivity contribution is 0.0579. The standard InChI is InChI=1S/C15H22ClNO2/c1-9(2)17(8-12(5)18)15(19)13-6-10(3)11(4)7-14(13)16/h6-7,9,12,18H,8H2,1-5H3. The number of halogens is 1. The van der Waals surface area contributed by atoms with Crippen molar-refractivity contribution < 1.29 is 9.90 Å². The Morgan fingerprint density at radius 2 is 1.79 bits per heavy atom. The van der Waals surface area contributed by atoms with E-state index in [2.05, 4.69) is 0 Å². The largest absolute Gasteiger partial charge is 0.392 e. The second-order valence-electron chi connectivity index (χ2n) is 5.32. The molecule has 1 aromatic carbocycles. The number of carbonyl (C=O) groups is 1. The average molecular weight is 284 g/mol. The summed E-state index contributed by atoms with van der Waals surface area (Å²) in [7, 11) is 0. The molecule has 1 N–H and O–H groups in total. The van der Waals surface area contributed by atoms with Crippen LogP contribution in [0.15, 0.2) is 12.1 Å². The van der Waals surface area contributed by atoms with E-state index in [1.807, 2.05) is 39.8 Å². The molecule has 0 aromatic heterocycles. The van der Waals surface area contributed by atoms with E-state index >= 15 is 0 Å². The van der Waals surface area contributed by atoms with Crippen molar-refractivity contribution in [2.45, 2.75) is 46.8 Å². The van der Waals surface area contributed by atoms with Crippen LogP contribution >= 0.6 is 11.6 Å². The van der Waals surface area contributed by atoms with E-state index in [0.29, 0.717) is 17.1 Å². The van der Waals surface area contributed by atoms with Gasteiger partial charge in [0.25, 0.3) is 5.91 Å². The molecule has 0 aliphatic heterocycles. The normalized spacial score (nSPS) is 12.6. The summed E-state index contributed by atoms with van der Waals surface area (Å²) in [6.07, 6.45) is -0.559.